The number of carbonyl (C=O) groups is 3. The van der Waals surface area contributed by atoms with E-state index in [-0.39, 0.29) is 106 Å². The Hall–Kier alpha value is 1.31. The third-order valence-electron chi connectivity index (χ3n) is 4.14. The first kappa shape index (κ1) is 31.3. The van der Waals surface area contributed by atoms with E-state index in [0.717, 1.165) is 16.7 Å². The summed E-state index contributed by atoms with van der Waals surface area (Å²) in [7, 11) is -5.33. The number of amides is 2. The normalized spacial score (nSPS) is 21.2. The zero-order valence-electron chi connectivity index (χ0n) is 16.4. The molecule has 3 atom stereocenters. The van der Waals surface area contributed by atoms with Crippen molar-refractivity contribution in [2.75, 3.05) is 12.4 Å². The van der Waals surface area contributed by atoms with Gasteiger partial charge in [-0.05, 0) is 35.6 Å². The molecule has 10 nitrogen and oxygen atoms in total. The number of carboxylic acids is 1. The summed E-state index contributed by atoms with van der Waals surface area (Å²) in [5.74, 6) is -5.12. The molecule has 16 heteroatoms. The van der Waals surface area contributed by atoms with Crippen molar-refractivity contribution in [3.8, 4) is 0 Å². The number of hydrogen-bond acceptors (Lipinski definition) is 10. The standard InChI is InChI=1S/C14H15N2O8PS2.3Na/c17-3-7-5-27-13-9(11(19)16(13)12(7)25(22,23)24)15-10(18)8(14(20)21)6-1-2-26-4-6;;;/h1-2,4,8-9,13,17H,3,5H2,(H,15,18)(H,20,21)(H2,22,23,24);;;/q;3*+1/p-3/t8?,9-,13+;;;/m1.../s1. The summed E-state index contributed by atoms with van der Waals surface area (Å²) >= 11 is 2.23. The van der Waals surface area contributed by atoms with E-state index in [0.29, 0.717) is 0 Å². The molecular weight excluding hydrogens is 488 g/mol. The van der Waals surface area contributed by atoms with Crippen LogP contribution in [0.15, 0.2) is 27.8 Å². The van der Waals surface area contributed by atoms with E-state index in [1.54, 1.807) is 5.38 Å². The fraction of sp³-hybridized carbons (Fsp3) is 0.357. The molecule has 3 heterocycles. The van der Waals surface area contributed by atoms with Gasteiger partial charge < -0.3 is 34.7 Å². The maximum absolute atomic E-state index is 12.4. The van der Waals surface area contributed by atoms with Gasteiger partial charge in [0.15, 0.2) is 0 Å². The number of hydrogen-bond donors (Lipinski definition) is 2. The van der Waals surface area contributed by atoms with Crippen LogP contribution in [0, 0.1) is 0 Å². The number of aliphatic hydroxyl groups is 1. The Morgan fingerprint density at radius 3 is 2.43 bits per heavy atom. The van der Waals surface area contributed by atoms with Gasteiger partial charge in [-0.3, -0.25) is 14.5 Å². The minimum absolute atomic E-state index is 0. The van der Waals surface area contributed by atoms with Crippen LogP contribution in [-0.2, 0) is 18.9 Å². The summed E-state index contributed by atoms with van der Waals surface area (Å²) < 4.78 is 11.5. The molecule has 0 aliphatic carbocycles. The second-order valence-corrected chi connectivity index (χ2v) is 9.09. The van der Waals surface area contributed by atoms with E-state index >= 15 is 0 Å². The van der Waals surface area contributed by atoms with Crippen molar-refractivity contribution in [1.29, 1.82) is 0 Å². The van der Waals surface area contributed by atoms with Gasteiger partial charge in [0.25, 0.3) is 5.91 Å². The van der Waals surface area contributed by atoms with Gasteiger partial charge in [-0.1, -0.05) is 0 Å². The number of thioether (sulfide) groups is 1. The molecule has 146 valence electrons. The van der Waals surface area contributed by atoms with E-state index in [1.807, 2.05) is 0 Å². The number of rotatable bonds is 6. The van der Waals surface area contributed by atoms with Gasteiger partial charge in [0, 0.05) is 5.75 Å². The first-order chi connectivity index (χ1) is 12.7. The summed E-state index contributed by atoms with van der Waals surface area (Å²) in [5, 5.41) is 25.0. The molecule has 2 N–H and O–H groups in total. The molecule has 1 aromatic rings. The smallest absolute Gasteiger partial charge is 0.806 e. The maximum atomic E-state index is 12.4. The van der Waals surface area contributed by atoms with Gasteiger partial charge in [0.1, 0.15) is 17.3 Å². The van der Waals surface area contributed by atoms with Crippen LogP contribution in [0.4, 0.5) is 0 Å². The third kappa shape index (κ3) is 6.25. The summed E-state index contributed by atoms with van der Waals surface area (Å²) in [6.07, 6.45) is 0. The molecule has 1 saturated heterocycles. The summed E-state index contributed by atoms with van der Waals surface area (Å²) in [5.41, 5.74) is -0.670. The van der Waals surface area contributed by atoms with Crippen LogP contribution in [0.2, 0.25) is 0 Å². The molecule has 0 bridgehead atoms. The molecule has 3 rings (SSSR count). The molecule has 2 aliphatic heterocycles. The van der Waals surface area contributed by atoms with Crippen LogP contribution in [0.25, 0.3) is 0 Å². The van der Waals surface area contributed by atoms with Gasteiger partial charge in [-0.25, -0.2) is 0 Å². The van der Waals surface area contributed by atoms with Crippen molar-refractivity contribution in [1.82, 2.24) is 10.2 Å². The SMILES string of the molecule is O=C([O-])C(C(=O)N[C@@H]1C(=O)N2C(P(=O)([O-])[O-])=C(CO)CS[C@@H]12)c1ccsc1.[Na+].[Na+].[Na+]. The largest absolute Gasteiger partial charge is 1.00 e. The average molecular weight is 500 g/mol. The second-order valence-electron chi connectivity index (χ2n) is 5.79. The molecule has 0 spiro atoms. The van der Waals surface area contributed by atoms with Gasteiger partial charge in [-0.2, -0.15) is 11.3 Å². The molecule has 30 heavy (non-hydrogen) atoms. The number of fused-ring (bicyclic) bond motifs is 1. The quantitative estimate of drug-likeness (QED) is 0.166. The van der Waals surface area contributed by atoms with Crippen molar-refractivity contribution < 1.29 is 128 Å². The van der Waals surface area contributed by atoms with Crippen LogP contribution in [0.3, 0.4) is 0 Å². The molecule has 2 aliphatic rings. The number of aliphatic hydroxyl groups excluding tert-OH is 1. The predicted octanol–water partition coefficient (Wildman–Crippen LogP) is -11.9. The summed E-state index contributed by atoms with van der Waals surface area (Å²) in [6.45, 7) is -0.699. The average Bonchev–Trinajstić information content (AvgIpc) is 3.11. The number of nitrogens with zero attached hydrogens (tertiary/aromatic N) is 1. The number of aliphatic carboxylic acids is 1. The number of thiophene rings is 1. The van der Waals surface area contributed by atoms with Crippen LogP contribution < -0.4 is 109 Å². The first-order valence-corrected chi connectivity index (χ1v) is 11.0. The van der Waals surface area contributed by atoms with E-state index in [9.17, 15) is 38.9 Å². The van der Waals surface area contributed by atoms with Crippen molar-refractivity contribution >= 4 is 48.5 Å². The van der Waals surface area contributed by atoms with Crippen molar-refractivity contribution in [3.05, 3.63) is 33.4 Å². The zero-order chi connectivity index (χ0) is 19.9. The third-order valence-corrected chi connectivity index (χ3v) is 7.23. The fourth-order valence-electron chi connectivity index (χ4n) is 2.93. The van der Waals surface area contributed by atoms with E-state index in [1.165, 1.54) is 22.8 Å². The number of nitrogens with one attached hydrogen (secondary N) is 1. The monoisotopic (exact) mass is 500 g/mol. The summed E-state index contributed by atoms with van der Waals surface area (Å²) in [4.78, 5) is 59.8. The van der Waals surface area contributed by atoms with Crippen LogP contribution in [0.1, 0.15) is 11.5 Å². The molecular formula is C14H12N2Na3O8PS2. The minimum Gasteiger partial charge on any atom is -0.806 e. The number of carbonyl (C=O) groups excluding carboxylic acids is 3. The Bertz CT molecular complexity index is 879. The van der Waals surface area contributed by atoms with Crippen molar-refractivity contribution in [3.63, 3.8) is 0 Å². The Balaban J connectivity index is 0.00000280. The van der Waals surface area contributed by atoms with Crippen LogP contribution >= 0.6 is 30.7 Å². The van der Waals surface area contributed by atoms with Gasteiger partial charge >= 0.3 is 88.7 Å². The molecule has 0 radical (unpaired) electrons. The first-order valence-electron chi connectivity index (χ1n) is 7.50. The molecule has 1 unspecified atom stereocenters. The van der Waals surface area contributed by atoms with Crippen molar-refractivity contribution in [2.24, 2.45) is 0 Å². The Morgan fingerprint density at radius 1 is 1.33 bits per heavy atom. The van der Waals surface area contributed by atoms with Crippen LogP contribution in [-0.4, -0.2) is 51.6 Å². The van der Waals surface area contributed by atoms with Crippen LogP contribution in [0.5, 0.6) is 0 Å². The Labute approximate surface area is 246 Å². The second kappa shape index (κ2) is 12.7. The van der Waals surface area contributed by atoms with Gasteiger partial charge in [0.05, 0.1) is 18.0 Å². The molecule has 2 amide bonds. The molecule has 1 fully saturated rings. The zero-order valence-corrected chi connectivity index (χ0v) is 24.9. The summed E-state index contributed by atoms with van der Waals surface area (Å²) in [6, 6.07) is 0.249. The predicted molar refractivity (Wildman–Crippen MR) is 88.8 cm³/mol. The van der Waals surface area contributed by atoms with E-state index in [4.69, 9.17) is 0 Å². The fourth-order valence-corrected chi connectivity index (χ4v) is 6.16. The van der Waals surface area contributed by atoms with Gasteiger partial charge in [0.2, 0.25) is 5.91 Å². The van der Waals surface area contributed by atoms with E-state index < -0.39 is 54.8 Å². The number of β-lactam (4-membered cyclic amide) rings is 1. The maximum Gasteiger partial charge on any atom is 1.00 e. The minimum atomic E-state index is -5.33. The Kier molecular flexibility index (Phi) is 13.2. The van der Waals surface area contributed by atoms with Gasteiger partial charge in [-0.15, -0.1) is 11.8 Å². The topological polar surface area (TPSA) is 173 Å². The molecule has 0 saturated carbocycles. The number of carboxylic acid groups (broad SMARTS) is 1. The van der Waals surface area contributed by atoms with Crippen molar-refractivity contribution in [2.45, 2.75) is 17.3 Å². The molecule has 1 aromatic heterocycles. The Morgan fingerprint density at radius 2 is 1.97 bits per heavy atom. The van der Waals surface area contributed by atoms with E-state index in [2.05, 4.69) is 5.32 Å². The molecule has 0 aromatic carbocycles.